The molecule has 0 spiro atoms. The van der Waals surface area contributed by atoms with Gasteiger partial charge < -0.3 is 4.18 Å². The second-order valence-electron chi connectivity index (χ2n) is 3.40. The molecule has 2 rings (SSSR count). The number of benzene rings is 2. The summed E-state index contributed by atoms with van der Waals surface area (Å²) in [6.45, 7) is 0. The normalized spacial score (nSPS) is 11.2. The van der Waals surface area contributed by atoms with Crippen LogP contribution < -0.4 is 4.18 Å². The molecule has 0 aliphatic rings. The van der Waals surface area contributed by atoms with Crippen LogP contribution in [0.1, 0.15) is 0 Å². The Bertz CT molecular complexity index is 669. The Hall–Kier alpha value is -1.23. The smallest absolute Gasteiger partial charge is 0.340 e. The zero-order chi connectivity index (χ0) is 13.2. The molecule has 0 radical (unpaired) electrons. The fourth-order valence-electron chi connectivity index (χ4n) is 1.32. The highest BCUT2D eigenvalue weighted by Gasteiger charge is 2.20. The van der Waals surface area contributed by atoms with Gasteiger partial charge in [-0.3, -0.25) is 0 Å². The van der Waals surface area contributed by atoms with Crippen LogP contribution in [-0.4, -0.2) is 8.42 Å². The Kier molecular flexibility index (Phi) is 3.80. The molecule has 0 aromatic heterocycles. The largest absolute Gasteiger partial charge is 0.377 e. The van der Waals surface area contributed by atoms with Crippen LogP contribution in [0.2, 0.25) is 10.0 Å². The van der Waals surface area contributed by atoms with Crippen LogP contribution in [0, 0.1) is 0 Å². The van der Waals surface area contributed by atoms with Crippen molar-refractivity contribution in [3.05, 3.63) is 58.6 Å². The van der Waals surface area contributed by atoms with E-state index in [9.17, 15) is 8.42 Å². The van der Waals surface area contributed by atoms with Crippen LogP contribution in [0.25, 0.3) is 0 Å². The van der Waals surface area contributed by atoms with Crippen molar-refractivity contribution < 1.29 is 12.6 Å². The van der Waals surface area contributed by atoms with Gasteiger partial charge in [0.15, 0.2) is 5.75 Å². The molecule has 0 saturated carbocycles. The van der Waals surface area contributed by atoms with E-state index in [2.05, 4.69) is 0 Å². The molecule has 0 saturated heterocycles. The molecule has 0 fully saturated rings. The topological polar surface area (TPSA) is 43.4 Å². The monoisotopic (exact) mass is 302 g/mol. The van der Waals surface area contributed by atoms with Crippen molar-refractivity contribution in [2.45, 2.75) is 4.90 Å². The maximum Gasteiger partial charge on any atom is 0.340 e. The Morgan fingerprint density at radius 3 is 2.00 bits per heavy atom. The molecular weight excluding hydrogens is 295 g/mol. The maximum absolute atomic E-state index is 12.0. The Morgan fingerprint density at radius 1 is 0.833 bits per heavy atom. The van der Waals surface area contributed by atoms with Gasteiger partial charge in [-0.25, -0.2) is 0 Å². The summed E-state index contributed by atoms with van der Waals surface area (Å²) < 4.78 is 29.0. The van der Waals surface area contributed by atoms with Crippen LogP contribution in [0.4, 0.5) is 0 Å². The SMILES string of the molecule is O=S(=O)(Oc1ccccc1Cl)c1ccccc1Cl. The summed E-state index contributed by atoms with van der Waals surface area (Å²) in [6.07, 6.45) is 0. The number of rotatable bonds is 3. The van der Waals surface area contributed by atoms with Gasteiger partial charge in [0.1, 0.15) is 4.90 Å². The van der Waals surface area contributed by atoms with E-state index < -0.39 is 10.1 Å². The minimum Gasteiger partial charge on any atom is -0.377 e. The van der Waals surface area contributed by atoms with E-state index in [0.29, 0.717) is 0 Å². The summed E-state index contributed by atoms with van der Waals surface area (Å²) in [4.78, 5) is -0.0911. The van der Waals surface area contributed by atoms with Gasteiger partial charge in [0, 0.05) is 0 Å². The van der Waals surface area contributed by atoms with Gasteiger partial charge in [-0.15, -0.1) is 0 Å². The lowest BCUT2D eigenvalue weighted by atomic mass is 10.3. The van der Waals surface area contributed by atoms with E-state index in [0.717, 1.165) is 0 Å². The van der Waals surface area contributed by atoms with Gasteiger partial charge in [-0.05, 0) is 24.3 Å². The zero-order valence-electron chi connectivity index (χ0n) is 9.01. The molecule has 0 aliphatic carbocycles. The van der Waals surface area contributed by atoms with Gasteiger partial charge in [-0.1, -0.05) is 47.5 Å². The third kappa shape index (κ3) is 2.77. The van der Waals surface area contributed by atoms with Crippen LogP contribution in [0.15, 0.2) is 53.4 Å². The first-order chi connectivity index (χ1) is 8.50. The first-order valence-electron chi connectivity index (χ1n) is 4.94. The molecule has 0 aliphatic heterocycles. The average molecular weight is 303 g/mol. The van der Waals surface area contributed by atoms with Gasteiger partial charge in [0.05, 0.1) is 10.0 Å². The third-order valence-electron chi connectivity index (χ3n) is 2.14. The van der Waals surface area contributed by atoms with Crippen LogP contribution in [0.3, 0.4) is 0 Å². The van der Waals surface area contributed by atoms with Crippen molar-refractivity contribution in [3.8, 4) is 5.75 Å². The van der Waals surface area contributed by atoms with Crippen molar-refractivity contribution in [2.75, 3.05) is 0 Å². The van der Waals surface area contributed by atoms with Crippen LogP contribution in [0.5, 0.6) is 5.75 Å². The molecule has 6 heteroatoms. The fraction of sp³-hybridized carbons (Fsp3) is 0. The zero-order valence-corrected chi connectivity index (χ0v) is 11.3. The minimum absolute atomic E-state index is 0.0686. The quantitative estimate of drug-likeness (QED) is 0.811. The summed E-state index contributed by atoms with van der Waals surface area (Å²) >= 11 is 11.7. The summed E-state index contributed by atoms with van der Waals surface area (Å²) in [5.74, 6) is 0.0686. The predicted molar refractivity (Wildman–Crippen MR) is 70.7 cm³/mol. The van der Waals surface area contributed by atoms with E-state index >= 15 is 0 Å². The Labute approximate surface area is 115 Å². The third-order valence-corrected chi connectivity index (χ3v) is 4.19. The molecule has 2 aromatic rings. The van der Waals surface area contributed by atoms with Gasteiger partial charge in [0.2, 0.25) is 0 Å². The second kappa shape index (κ2) is 5.18. The molecule has 18 heavy (non-hydrogen) atoms. The lowest BCUT2D eigenvalue weighted by Crippen LogP contribution is -2.10. The van der Waals surface area contributed by atoms with Crippen molar-refractivity contribution in [1.82, 2.24) is 0 Å². The molecule has 0 amide bonds. The van der Waals surface area contributed by atoms with Crippen molar-refractivity contribution in [2.24, 2.45) is 0 Å². The maximum atomic E-state index is 12.0. The predicted octanol–water partition coefficient (Wildman–Crippen LogP) is 3.76. The number of hydrogen-bond acceptors (Lipinski definition) is 3. The van der Waals surface area contributed by atoms with Gasteiger partial charge in [0.25, 0.3) is 0 Å². The molecule has 0 unspecified atom stereocenters. The first-order valence-corrected chi connectivity index (χ1v) is 7.11. The molecule has 0 bridgehead atoms. The number of hydrogen-bond donors (Lipinski definition) is 0. The highest BCUT2D eigenvalue weighted by atomic mass is 35.5. The second-order valence-corrected chi connectivity index (χ2v) is 5.73. The molecule has 0 N–H and O–H groups in total. The highest BCUT2D eigenvalue weighted by Crippen LogP contribution is 2.29. The van der Waals surface area contributed by atoms with E-state index in [-0.39, 0.29) is 20.7 Å². The highest BCUT2D eigenvalue weighted by molar-refractivity contribution is 7.87. The summed E-state index contributed by atoms with van der Waals surface area (Å²) in [5, 5.41) is 0.317. The average Bonchev–Trinajstić information content (AvgIpc) is 2.32. The first kappa shape index (κ1) is 13.2. The molecule has 94 valence electrons. The van der Waals surface area contributed by atoms with Crippen molar-refractivity contribution >= 4 is 33.3 Å². The molecule has 0 heterocycles. The minimum atomic E-state index is -3.98. The Balaban J connectivity index is 2.40. The summed E-state index contributed by atoms with van der Waals surface area (Å²) in [5.41, 5.74) is 0. The molecular formula is C12H8Cl2O3S. The van der Waals surface area contributed by atoms with Gasteiger partial charge in [-0.2, -0.15) is 8.42 Å². The lowest BCUT2D eigenvalue weighted by molar-refractivity contribution is 0.486. The van der Waals surface area contributed by atoms with Crippen LogP contribution >= 0.6 is 23.2 Å². The van der Waals surface area contributed by atoms with E-state index in [4.69, 9.17) is 27.4 Å². The van der Waals surface area contributed by atoms with E-state index in [1.165, 1.54) is 18.2 Å². The van der Waals surface area contributed by atoms with Gasteiger partial charge >= 0.3 is 10.1 Å². The fourth-order valence-corrected chi connectivity index (χ4v) is 2.99. The molecule has 3 nitrogen and oxygen atoms in total. The standard InChI is InChI=1S/C12H8Cl2O3S/c13-9-5-1-3-7-11(9)17-18(15,16)12-8-4-2-6-10(12)14/h1-8H. The summed E-state index contributed by atoms with van der Waals surface area (Å²) in [6, 6.07) is 12.4. The van der Waals surface area contributed by atoms with Crippen LogP contribution in [-0.2, 0) is 10.1 Å². The van der Waals surface area contributed by atoms with E-state index in [1.54, 1.807) is 30.3 Å². The van der Waals surface area contributed by atoms with Crippen molar-refractivity contribution in [1.29, 1.82) is 0 Å². The Morgan fingerprint density at radius 2 is 1.39 bits per heavy atom. The van der Waals surface area contributed by atoms with E-state index in [1.807, 2.05) is 0 Å². The number of para-hydroxylation sites is 1. The lowest BCUT2D eigenvalue weighted by Gasteiger charge is -2.09. The molecule has 2 aromatic carbocycles. The number of halogens is 2. The molecule has 0 atom stereocenters. The summed E-state index contributed by atoms with van der Waals surface area (Å²) in [7, 11) is -3.98. The van der Waals surface area contributed by atoms with Crippen molar-refractivity contribution in [3.63, 3.8) is 0 Å².